The SMILES string of the molecule is CCn1c(COc2cccc(C)c2C)nnc1SCC(=O)Nc1cccc(Cl)c1C. The van der Waals surface area contributed by atoms with E-state index in [0.29, 0.717) is 29.0 Å². The average molecular weight is 445 g/mol. The number of hydrogen-bond donors (Lipinski definition) is 1. The number of thioether (sulfide) groups is 1. The van der Waals surface area contributed by atoms with Gasteiger partial charge in [0.2, 0.25) is 5.91 Å². The number of amides is 1. The number of anilines is 1. The number of ether oxygens (including phenoxy) is 1. The fourth-order valence-corrected chi connectivity index (χ4v) is 3.93. The Kier molecular flexibility index (Phi) is 7.39. The number of rotatable bonds is 8. The third-order valence-corrected chi connectivity index (χ3v) is 6.27. The second kappa shape index (κ2) is 10.00. The van der Waals surface area contributed by atoms with Crippen LogP contribution in [-0.4, -0.2) is 26.4 Å². The van der Waals surface area contributed by atoms with Crippen LogP contribution >= 0.6 is 23.4 Å². The first-order valence-corrected chi connectivity index (χ1v) is 11.1. The molecule has 0 bridgehead atoms. The van der Waals surface area contributed by atoms with Crippen LogP contribution in [0.4, 0.5) is 5.69 Å². The lowest BCUT2D eigenvalue weighted by atomic mass is 10.1. The fourth-order valence-electron chi connectivity index (χ4n) is 2.93. The molecule has 0 aliphatic rings. The lowest BCUT2D eigenvalue weighted by Crippen LogP contribution is -2.15. The van der Waals surface area contributed by atoms with Crippen LogP contribution in [0.15, 0.2) is 41.6 Å². The van der Waals surface area contributed by atoms with E-state index in [4.69, 9.17) is 16.3 Å². The number of aryl methyl sites for hydroxylation is 1. The molecule has 3 aromatic rings. The van der Waals surface area contributed by atoms with Crippen LogP contribution in [0.1, 0.15) is 29.4 Å². The van der Waals surface area contributed by atoms with Crippen LogP contribution in [0.5, 0.6) is 5.75 Å². The minimum Gasteiger partial charge on any atom is -0.485 e. The Balaban J connectivity index is 1.62. The van der Waals surface area contributed by atoms with Crippen molar-refractivity contribution in [1.82, 2.24) is 14.8 Å². The summed E-state index contributed by atoms with van der Waals surface area (Å²) in [6, 6.07) is 11.4. The molecular weight excluding hydrogens is 420 g/mol. The summed E-state index contributed by atoms with van der Waals surface area (Å²) >= 11 is 7.46. The first-order chi connectivity index (χ1) is 14.4. The van der Waals surface area contributed by atoms with Gasteiger partial charge in [0.05, 0.1) is 5.75 Å². The molecule has 1 heterocycles. The number of halogens is 1. The Labute approximate surface area is 186 Å². The van der Waals surface area contributed by atoms with Gasteiger partial charge in [0.1, 0.15) is 12.4 Å². The molecule has 1 amide bonds. The quantitative estimate of drug-likeness (QED) is 0.484. The zero-order valence-corrected chi connectivity index (χ0v) is 19.1. The van der Waals surface area contributed by atoms with E-state index in [1.54, 1.807) is 6.07 Å². The summed E-state index contributed by atoms with van der Waals surface area (Å²) in [5, 5.41) is 12.7. The topological polar surface area (TPSA) is 69.0 Å². The van der Waals surface area contributed by atoms with Crippen molar-refractivity contribution in [1.29, 1.82) is 0 Å². The van der Waals surface area contributed by atoms with Gasteiger partial charge in [-0.1, -0.05) is 41.6 Å². The van der Waals surface area contributed by atoms with Crippen molar-refractivity contribution in [2.24, 2.45) is 0 Å². The maximum absolute atomic E-state index is 12.4. The van der Waals surface area contributed by atoms with E-state index in [0.717, 1.165) is 22.7 Å². The molecular formula is C22H25ClN4O2S. The standard InChI is InChI=1S/C22H25ClN4O2S/c1-5-27-20(12-29-19-11-6-8-14(2)15(19)3)25-26-22(27)30-13-21(28)24-18-10-7-9-17(23)16(18)4/h6-11H,5,12-13H2,1-4H3,(H,24,28). The van der Waals surface area contributed by atoms with Crippen molar-refractivity contribution in [3.05, 3.63) is 63.9 Å². The number of aromatic nitrogens is 3. The molecule has 0 saturated heterocycles. The highest BCUT2D eigenvalue weighted by Gasteiger charge is 2.15. The van der Waals surface area contributed by atoms with Crippen molar-refractivity contribution in [2.75, 3.05) is 11.1 Å². The predicted octanol–water partition coefficient (Wildman–Crippen LogP) is 5.19. The summed E-state index contributed by atoms with van der Waals surface area (Å²) in [6.45, 7) is 9.00. The minimum absolute atomic E-state index is 0.121. The summed E-state index contributed by atoms with van der Waals surface area (Å²) in [5.41, 5.74) is 3.86. The van der Waals surface area contributed by atoms with Crippen LogP contribution in [0.25, 0.3) is 0 Å². The summed E-state index contributed by atoms with van der Waals surface area (Å²) < 4.78 is 7.93. The minimum atomic E-state index is -0.121. The molecule has 0 atom stereocenters. The maximum atomic E-state index is 12.4. The first kappa shape index (κ1) is 22.2. The molecule has 8 heteroatoms. The third kappa shape index (κ3) is 5.15. The van der Waals surface area contributed by atoms with Gasteiger partial charge >= 0.3 is 0 Å². The molecule has 6 nitrogen and oxygen atoms in total. The Bertz CT molecular complexity index is 1050. The van der Waals surface area contributed by atoms with Crippen molar-refractivity contribution < 1.29 is 9.53 Å². The Morgan fingerprint density at radius 3 is 2.67 bits per heavy atom. The zero-order valence-electron chi connectivity index (χ0n) is 17.5. The Hall–Kier alpha value is -2.51. The number of nitrogens with zero attached hydrogens (tertiary/aromatic N) is 3. The molecule has 1 aromatic heterocycles. The largest absolute Gasteiger partial charge is 0.485 e. The molecule has 0 saturated carbocycles. The fraction of sp³-hybridized carbons (Fsp3) is 0.318. The lowest BCUT2D eigenvalue weighted by molar-refractivity contribution is -0.113. The number of hydrogen-bond acceptors (Lipinski definition) is 5. The average Bonchev–Trinajstić information content (AvgIpc) is 3.13. The smallest absolute Gasteiger partial charge is 0.234 e. The highest BCUT2D eigenvalue weighted by Crippen LogP contribution is 2.25. The number of benzene rings is 2. The summed E-state index contributed by atoms with van der Waals surface area (Å²) in [7, 11) is 0. The van der Waals surface area contributed by atoms with E-state index in [2.05, 4.69) is 28.5 Å². The molecule has 3 rings (SSSR count). The molecule has 0 aliphatic heterocycles. The number of nitrogens with one attached hydrogen (secondary N) is 1. The molecule has 0 fully saturated rings. The Morgan fingerprint density at radius 1 is 1.13 bits per heavy atom. The first-order valence-electron chi connectivity index (χ1n) is 9.69. The van der Waals surface area contributed by atoms with Crippen LogP contribution < -0.4 is 10.1 Å². The van der Waals surface area contributed by atoms with Crippen LogP contribution in [0.2, 0.25) is 5.02 Å². The van der Waals surface area contributed by atoms with Gasteiger partial charge < -0.3 is 14.6 Å². The molecule has 2 aromatic carbocycles. The maximum Gasteiger partial charge on any atom is 0.234 e. The second-order valence-electron chi connectivity index (χ2n) is 6.88. The normalized spacial score (nSPS) is 10.8. The summed E-state index contributed by atoms with van der Waals surface area (Å²) in [6.07, 6.45) is 0. The molecule has 158 valence electrons. The van der Waals surface area contributed by atoms with E-state index in [1.165, 1.54) is 17.3 Å². The molecule has 0 spiro atoms. The van der Waals surface area contributed by atoms with Gasteiger partial charge in [-0.05, 0) is 62.6 Å². The van der Waals surface area contributed by atoms with Crippen molar-refractivity contribution >= 4 is 35.0 Å². The van der Waals surface area contributed by atoms with E-state index in [9.17, 15) is 4.79 Å². The lowest BCUT2D eigenvalue weighted by Gasteiger charge is -2.12. The number of carbonyl (C=O) groups is 1. The van der Waals surface area contributed by atoms with Gasteiger partial charge in [-0.3, -0.25) is 4.79 Å². The van der Waals surface area contributed by atoms with Gasteiger partial charge in [0, 0.05) is 17.3 Å². The van der Waals surface area contributed by atoms with E-state index in [-0.39, 0.29) is 11.7 Å². The van der Waals surface area contributed by atoms with Gasteiger partial charge in [-0.2, -0.15) is 0 Å². The summed E-state index contributed by atoms with van der Waals surface area (Å²) in [4.78, 5) is 12.4. The van der Waals surface area contributed by atoms with Gasteiger partial charge in [0.25, 0.3) is 0 Å². The van der Waals surface area contributed by atoms with Crippen molar-refractivity contribution in [3.8, 4) is 5.75 Å². The monoisotopic (exact) mass is 444 g/mol. The van der Waals surface area contributed by atoms with E-state index in [1.807, 2.05) is 49.6 Å². The van der Waals surface area contributed by atoms with Crippen LogP contribution in [0, 0.1) is 20.8 Å². The third-order valence-electron chi connectivity index (χ3n) is 4.90. The molecule has 30 heavy (non-hydrogen) atoms. The van der Waals surface area contributed by atoms with Gasteiger partial charge in [-0.25, -0.2) is 0 Å². The van der Waals surface area contributed by atoms with E-state index >= 15 is 0 Å². The molecule has 0 radical (unpaired) electrons. The van der Waals surface area contributed by atoms with Gasteiger partial charge in [-0.15, -0.1) is 10.2 Å². The van der Waals surface area contributed by atoms with Crippen molar-refractivity contribution in [2.45, 2.75) is 46.0 Å². The van der Waals surface area contributed by atoms with Crippen LogP contribution in [0.3, 0.4) is 0 Å². The highest BCUT2D eigenvalue weighted by atomic mass is 35.5. The summed E-state index contributed by atoms with van der Waals surface area (Å²) in [5.74, 6) is 1.67. The highest BCUT2D eigenvalue weighted by molar-refractivity contribution is 7.99. The molecule has 0 aliphatic carbocycles. The zero-order chi connectivity index (χ0) is 21.7. The van der Waals surface area contributed by atoms with Crippen molar-refractivity contribution in [3.63, 3.8) is 0 Å². The Morgan fingerprint density at radius 2 is 1.90 bits per heavy atom. The second-order valence-corrected chi connectivity index (χ2v) is 8.23. The predicted molar refractivity (Wildman–Crippen MR) is 121 cm³/mol. The van der Waals surface area contributed by atoms with Gasteiger partial charge in [0.15, 0.2) is 11.0 Å². The molecule has 0 unspecified atom stereocenters. The molecule has 1 N–H and O–H groups in total. The van der Waals surface area contributed by atoms with E-state index < -0.39 is 0 Å². The van der Waals surface area contributed by atoms with Crippen LogP contribution in [-0.2, 0) is 17.9 Å². The number of carbonyl (C=O) groups excluding carboxylic acids is 1.